The molecular formula is C14H12N8. The van der Waals surface area contributed by atoms with Crippen molar-refractivity contribution in [3.8, 4) is 11.3 Å². The molecule has 3 N–H and O–H groups in total. The van der Waals surface area contributed by atoms with E-state index >= 15 is 0 Å². The first-order valence-electron chi connectivity index (χ1n) is 6.71. The van der Waals surface area contributed by atoms with Gasteiger partial charge in [-0.2, -0.15) is 10.3 Å². The Hall–Kier alpha value is -3.29. The van der Waals surface area contributed by atoms with Crippen LogP contribution in [0.15, 0.2) is 42.6 Å². The molecular weight excluding hydrogens is 280 g/mol. The van der Waals surface area contributed by atoms with Crippen LogP contribution in [0.25, 0.3) is 22.4 Å². The smallest absolute Gasteiger partial charge is 0.203 e. The third-order valence-electron chi connectivity index (χ3n) is 3.33. The highest BCUT2D eigenvalue weighted by molar-refractivity contribution is 5.75. The van der Waals surface area contributed by atoms with Gasteiger partial charge in [-0.25, -0.2) is 9.67 Å². The lowest BCUT2D eigenvalue weighted by atomic mass is 10.2. The maximum Gasteiger partial charge on any atom is 0.203 e. The lowest BCUT2D eigenvalue weighted by Crippen LogP contribution is -2.03. The van der Waals surface area contributed by atoms with E-state index < -0.39 is 0 Å². The summed E-state index contributed by atoms with van der Waals surface area (Å²) in [6.07, 6.45) is 1.89. The Balaban J connectivity index is 1.69. The van der Waals surface area contributed by atoms with Crippen molar-refractivity contribution >= 4 is 17.0 Å². The second-order valence-corrected chi connectivity index (χ2v) is 4.87. The summed E-state index contributed by atoms with van der Waals surface area (Å²) >= 11 is 0. The summed E-state index contributed by atoms with van der Waals surface area (Å²) < 4.78 is 1.74. The molecule has 0 saturated carbocycles. The van der Waals surface area contributed by atoms with Gasteiger partial charge in [0.15, 0.2) is 0 Å². The molecule has 108 valence electrons. The second kappa shape index (κ2) is 4.92. The van der Waals surface area contributed by atoms with Gasteiger partial charge in [0, 0.05) is 11.1 Å². The van der Waals surface area contributed by atoms with Gasteiger partial charge in [-0.3, -0.25) is 0 Å². The third-order valence-corrected chi connectivity index (χ3v) is 3.33. The van der Waals surface area contributed by atoms with Crippen LogP contribution >= 0.6 is 0 Å². The lowest BCUT2D eigenvalue weighted by Gasteiger charge is -2.02. The van der Waals surface area contributed by atoms with Gasteiger partial charge in [0.05, 0.1) is 12.7 Å². The van der Waals surface area contributed by atoms with Crippen molar-refractivity contribution in [2.75, 3.05) is 5.73 Å². The molecule has 3 aromatic heterocycles. The number of aromatic amines is 1. The van der Waals surface area contributed by atoms with Gasteiger partial charge in [-0.15, -0.1) is 10.2 Å². The van der Waals surface area contributed by atoms with E-state index in [-0.39, 0.29) is 0 Å². The van der Waals surface area contributed by atoms with Gasteiger partial charge in [-0.1, -0.05) is 35.5 Å². The quantitative estimate of drug-likeness (QED) is 0.587. The summed E-state index contributed by atoms with van der Waals surface area (Å²) in [6, 6.07) is 11.7. The molecule has 8 heteroatoms. The number of nitrogen functional groups attached to an aromatic ring is 1. The summed E-state index contributed by atoms with van der Waals surface area (Å²) in [6.45, 7) is 0.496. The molecule has 0 saturated heterocycles. The molecule has 22 heavy (non-hydrogen) atoms. The van der Waals surface area contributed by atoms with Crippen molar-refractivity contribution in [2.24, 2.45) is 0 Å². The zero-order chi connectivity index (χ0) is 14.9. The fourth-order valence-corrected chi connectivity index (χ4v) is 2.33. The predicted molar refractivity (Wildman–Crippen MR) is 80.7 cm³/mol. The molecule has 0 spiro atoms. The fraction of sp³-hybridized carbons (Fsp3) is 0.0714. The topological polar surface area (TPSA) is 111 Å². The molecule has 0 aliphatic rings. The number of anilines is 1. The summed E-state index contributed by atoms with van der Waals surface area (Å²) in [5.74, 6) is 0.403. The first-order chi connectivity index (χ1) is 10.8. The van der Waals surface area contributed by atoms with E-state index in [9.17, 15) is 0 Å². The lowest BCUT2D eigenvalue weighted by molar-refractivity contribution is 0.651. The molecule has 4 aromatic rings. The SMILES string of the molecule is Nc1cc(Cn2cc(-c3ccccc3)nn2)c2n[nH]nc2n1. The largest absolute Gasteiger partial charge is 0.384 e. The molecule has 3 heterocycles. The number of rotatable bonds is 3. The van der Waals surface area contributed by atoms with E-state index in [2.05, 4.69) is 30.7 Å². The summed E-state index contributed by atoms with van der Waals surface area (Å²) in [5, 5.41) is 19.0. The van der Waals surface area contributed by atoms with Crippen molar-refractivity contribution < 1.29 is 0 Å². The van der Waals surface area contributed by atoms with Crippen molar-refractivity contribution in [2.45, 2.75) is 6.54 Å². The van der Waals surface area contributed by atoms with Crippen LogP contribution in [0.4, 0.5) is 5.82 Å². The highest BCUT2D eigenvalue weighted by Gasteiger charge is 2.10. The van der Waals surface area contributed by atoms with Crippen LogP contribution in [0.5, 0.6) is 0 Å². The van der Waals surface area contributed by atoms with Crippen LogP contribution in [0, 0.1) is 0 Å². The highest BCUT2D eigenvalue weighted by atomic mass is 15.4. The van der Waals surface area contributed by atoms with E-state index in [0.717, 1.165) is 16.8 Å². The predicted octanol–water partition coefficient (Wildman–Crippen LogP) is 1.24. The number of pyridine rings is 1. The third kappa shape index (κ3) is 2.16. The zero-order valence-electron chi connectivity index (χ0n) is 11.5. The van der Waals surface area contributed by atoms with Crippen LogP contribution in [0.1, 0.15) is 5.56 Å². The molecule has 0 fully saturated rings. The molecule has 1 aromatic carbocycles. The maximum absolute atomic E-state index is 5.80. The Morgan fingerprint density at radius 2 is 2.00 bits per heavy atom. The molecule has 0 aliphatic carbocycles. The molecule has 0 amide bonds. The van der Waals surface area contributed by atoms with E-state index in [4.69, 9.17) is 5.73 Å². The maximum atomic E-state index is 5.80. The summed E-state index contributed by atoms with van der Waals surface area (Å²) in [7, 11) is 0. The van der Waals surface area contributed by atoms with E-state index in [0.29, 0.717) is 23.5 Å². The minimum atomic E-state index is 0.403. The minimum Gasteiger partial charge on any atom is -0.384 e. The van der Waals surface area contributed by atoms with Crippen molar-refractivity contribution in [1.82, 2.24) is 35.4 Å². The average molecular weight is 292 g/mol. The molecule has 8 nitrogen and oxygen atoms in total. The Morgan fingerprint density at radius 1 is 1.14 bits per heavy atom. The number of benzene rings is 1. The number of nitrogens with zero attached hydrogens (tertiary/aromatic N) is 6. The summed E-state index contributed by atoms with van der Waals surface area (Å²) in [4.78, 5) is 4.12. The molecule has 0 bridgehead atoms. The van der Waals surface area contributed by atoms with E-state index in [1.807, 2.05) is 36.5 Å². The molecule has 0 atom stereocenters. The van der Waals surface area contributed by atoms with Crippen molar-refractivity contribution in [3.63, 3.8) is 0 Å². The standard InChI is InChI=1S/C14H12N8/c15-12-6-10(13-14(16-12)19-20-18-13)7-22-8-11(17-21-22)9-4-2-1-3-5-9/h1-6,8H,7H2,(H3,15,16,18,19,20). The van der Waals surface area contributed by atoms with Gasteiger partial charge in [0.1, 0.15) is 17.0 Å². The second-order valence-electron chi connectivity index (χ2n) is 4.87. The fourth-order valence-electron chi connectivity index (χ4n) is 2.33. The Labute approximate surface area is 125 Å². The van der Waals surface area contributed by atoms with Gasteiger partial charge in [-0.05, 0) is 6.07 Å². The Kier molecular flexibility index (Phi) is 2.78. The van der Waals surface area contributed by atoms with Crippen LogP contribution in [0.3, 0.4) is 0 Å². The minimum absolute atomic E-state index is 0.403. The number of nitrogens with one attached hydrogen (secondary N) is 1. The zero-order valence-corrected chi connectivity index (χ0v) is 11.5. The van der Waals surface area contributed by atoms with Gasteiger partial charge >= 0.3 is 0 Å². The van der Waals surface area contributed by atoms with Crippen molar-refractivity contribution in [3.05, 3.63) is 48.2 Å². The van der Waals surface area contributed by atoms with E-state index in [1.165, 1.54) is 0 Å². The molecule has 0 aliphatic heterocycles. The van der Waals surface area contributed by atoms with Crippen LogP contribution in [0.2, 0.25) is 0 Å². The Morgan fingerprint density at radius 3 is 2.86 bits per heavy atom. The van der Waals surface area contributed by atoms with Crippen LogP contribution in [-0.2, 0) is 6.54 Å². The van der Waals surface area contributed by atoms with Gasteiger partial charge in [0.25, 0.3) is 0 Å². The molecule has 4 rings (SSSR count). The number of hydrogen-bond donors (Lipinski definition) is 2. The average Bonchev–Trinajstić information content (AvgIpc) is 3.17. The number of nitrogens with two attached hydrogens (primary N) is 1. The van der Waals surface area contributed by atoms with Gasteiger partial charge in [0.2, 0.25) is 5.65 Å². The first kappa shape index (κ1) is 12.5. The number of hydrogen-bond acceptors (Lipinski definition) is 6. The first-order valence-corrected chi connectivity index (χ1v) is 6.71. The van der Waals surface area contributed by atoms with Crippen LogP contribution in [-0.4, -0.2) is 35.4 Å². The monoisotopic (exact) mass is 292 g/mol. The highest BCUT2D eigenvalue weighted by Crippen LogP contribution is 2.18. The number of H-pyrrole nitrogens is 1. The van der Waals surface area contributed by atoms with Crippen molar-refractivity contribution in [1.29, 1.82) is 0 Å². The number of aromatic nitrogens is 7. The summed E-state index contributed by atoms with van der Waals surface area (Å²) in [5.41, 5.74) is 9.71. The normalized spacial score (nSPS) is 11.1. The molecule has 0 radical (unpaired) electrons. The number of fused-ring (bicyclic) bond motifs is 1. The van der Waals surface area contributed by atoms with E-state index in [1.54, 1.807) is 10.7 Å². The Bertz CT molecular complexity index is 924. The van der Waals surface area contributed by atoms with Gasteiger partial charge < -0.3 is 5.73 Å². The molecule has 0 unspecified atom stereocenters. The van der Waals surface area contributed by atoms with Crippen LogP contribution < -0.4 is 5.73 Å².